The third kappa shape index (κ3) is 5.70. The standard InChI is InChI=1S/C24H30N2O2/c1-26(21-11-4-3-5-12-21)18-20-10-6-7-14-23(20)25-24(27)16-15-19-9-8-13-22(17-19)28-2/h6-10,13-17,21H,3-5,11-12,18H2,1-2H3,(H,25,27)/b16-15+. The van der Waals surface area contributed by atoms with Gasteiger partial charge in [-0.3, -0.25) is 9.69 Å². The maximum Gasteiger partial charge on any atom is 0.248 e. The summed E-state index contributed by atoms with van der Waals surface area (Å²) in [5.41, 5.74) is 2.96. The van der Waals surface area contributed by atoms with Crippen LogP contribution in [-0.2, 0) is 11.3 Å². The number of rotatable bonds is 7. The molecule has 0 aromatic heterocycles. The largest absolute Gasteiger partial charge is 0.497 e. The quantitative estimate of drug-likeness (QED) is 0.681. The van der Waals surface area contributed by atoms with Crippen LogP contribution in [0.1, 0.15) is 43.2 Å². The van der Waals surface area contributed by atoms with Gasteiger partial charge in [0, 0.05) is 24.4 Å². The molecule has 0 bridgehead atoms. The highest BCUT2D eigenvalue weighted by Gasteiger charge is 2.18. The van der Waals surface area contributed by atoms with Crippen molar-refractivity contribution in [3.8, 4) is 5.75 Å². The van der Waals surface area contributed by atoms with Crippen LogP contribution in [0.2, 0.25) is 0 Å². The van der Waals surface area contributed by atoms with E-state index in [0.717, 1.165) is 29.1 Å². The number of nitrogens with one attached hydrogen (secondary N) is 1. The van der Waals surface area contributed by atoms with Gasteiger partial charge in [0.05, 0.1) is 7.11 Å². The lowest BCUT2D eigenvalue weighted by atomic mass is 9.94. The zero-order valence-electron chi connectivity index (χ0n) is 16.9. The van der Waals surface area contributed by atoms with Crippen molar-refractivity contribution in [3.05, 3.63) is 65.7 Å². The summed E-state index contributed by atoms with van der Waals surface area (Å²) in [6.45, 7) is 0.848. The number of carbonyl (C=O) groups is 1. The Morgan fingerprint density at radius 2 is 1.93 bits per heavy atom. The number of ether oxygens (including phenoxy) is 1. The van der Waals surface area contributed by atoms with Gasteiger partial charge in [-0.1, -0.05) is 49.6 Å². The molecule has 1 saturated carbocycles. The molecular formula is C24H30N2O2. The van der Waals surface area contributed by atoms with Gasteiger partial charge in [0.2, 0.25) is 5.91 Å². The first-order chi connectivity index (χ1) is 13.7. The molecule has 28 heavy (non-hydrogen) atoms. The molecular weight excluding hydrogens is 348 g/mol. The number of anilines is 1. The molecule has 4 heteroatoms. The number of nitrogens with zero attached hydrogens (tertiary/aromatic N) is 1. The van der Waals surface area contributed by atoms with E-state index in [4.69, 9.17) is 4.74 Å². The fraction of sp³-hybridized carbons (Fsp3) is 0.375. The molecule has 0 spiro atoms. The lowest BCUT2D eigenvalue weighted by Crippen LogP contribution is -2.33. The average Bonchev–Trinajstić information content (AvgIpc) is 2.74. The van der Waals surface area contributed by atoms with Crippen LogP contribution < -0.4 is 10.1 Å². The molecule has 1 aliphatic rings. The van der Waals surface area contributed by atoms with Crippen LogP contribution in [0, 0.1) is 0 Å². The highest BCUT2D eigenvalue weighted by Crippen LogP contribution is 2.25. The van der Waals surface area contributed by atoms with Crippen molar-refractivity contribution in [2.45, 2.75) is 44.7 Å². The van der Waals surface area contributed by atoms with Crippen LogP contribution in [0.15, 0.2) is 54.6 Å². The molecule has 3 rings (SSSR count). The second kappa shape index (κ2) is 10.1. The Morgan fingerprint density at radius 3 is 2.71 bits per heavy atom. The molecule has 1 N–H and O–H groups in total. The van der Waals surface area contributed by atoms with E-state index >= 15 is 0 Å². The lowest BCUT2D eigenvalue weighted by Gasteiger charge is -2.31. The first-order valence-electron chi connectivity index (χ1n) is 10.1. The Balaban J connectivity index is 1.63. The fourth-order valence-electron chi connectivity index (χ4n) is 3.79. The third-order valence-electron chi connectivity index (χ3n) is 5.41. The van der Waals surface area contributed by atoms with Crippen molar-refractivity contribution in [3.63, 3.8) is 0 Å². The number of carbonyl (C=O) groups excluding carboxylic acids is 1. The minimum Gasteiger partial charge on any atom is -0.497 e. The predicted molar refractivity (Wildman–Crippen MR) is 115 cm³/mol. The summed E-state index contributed by atoms with van der Waals surface area (Å²) < 4.78 is 5.22. The SMILES string of the molecule is COc1cccc(/C=C/C(=O)Nc2ccccc2CN(C)C2CCCCC2)c1. The molecule has 0 saturated heterocycles. The van der Waals surface area contributed by atoms with E-state index in [-0.39, 0.29) is 5.91 Å². The van der Waals surface area contributed by atoms with Crippen LogP contribution >= 0.6 is 0 Å². The zero-order valence-corrected chi connectivity index (χ0v) is 16.9. The van der Waals surface area contributed by atoms with Crippen LogP contribution in [-0.4, -0.2) is 31.0 Å². The maximum absolute atomic E-state index is 12.4. The summed E-state index contributed by atoms with van der Waals surface area (Å²) in [6.07, 6.45) is 9.91. The van der Waals surface area contributed by atoms with E-state index in [1.54, 1.807) is 19.3 Å². The molecule has 2 aromatic rings. The third-order valence-corrected chi connectivity index (χ3v) is 5.41. The van der Waals surface area contributed by atoms with Gasteiger partial charge in [-0.25, -0.2) is 0 Å². The first-order valence-corrected chi connectivity index (χ1v) is 10.1. The van der Waals surface area contributed by atoms with Gasteiger partial charge >= 0.3 is 0 Å². The Morgan fingerprint density at radius 1 is 1.14 bits per heavy atom. The lowest BCUT2D eigenvalue weighted by molar-refractivity contribution is -0.111. The molecule has 4 nitrogen and oxygen atoms in total. The van der Waals surface area contributed by atoms with E-state index < -0.39 is 0 Å². The Hall–Kier alpha value is -2.59. The summed E-state index contributed by atoms with van der Waals surface area (Å²) in [6, 6.07) is 16.4. The molecule has 148 valence electrons. The maximum atomic E-state index is 12.4. The second-order valence-corrected chi connectivity index (χ2v) is 7.46. The van der Waals surface area contributed by atoms with E-state index in [1.807, 2.05) is 42.5 Å². The number of hydrogen-bond acceptors (Lipinski definition) is 3. The van der Waals surface area contributed by atoms with Gasteiger partial charge in [0.15, 0.2) is 0 Å². The summed E-state index contributed by atoms with van der Waals surface area (Å²) in [7, 11) is 3.83. The highest BCUT2D eigenvalue weighted by molar-refractivity contribution is 6.02. The molecule has 0 unspecified atom stereocenters. The van der Waals surface area contributed by atoms with Gasteiger partial charge in [0.1, 0.15) is 5.75 Å². The first kappa shape index (κ1) is 20.2. The smallest absolute Gasteiger partial charge is 0.248 e. The zero-order chi connectivity index (χ0) is 19.8. The van der Waals surface area contributed by atoms with Gasteiger partial charge in [-0.15, -0.1) is 0 Å². The van der Waals surface area contributed by atoms with E-state index in [9.17, 15) is 4.79 Å². The minimum atomic E-state index is -0.129. The van der Waals surface area contributed by atoms with Crippen LogP contribution in [0.4, 0.5) is 5.69 Å². The summed E-state index contributed by atoms with van der Waals surface area (Å²) >= 11 is 0. The van der Waals surface area contributed by atoms with Crippen molar-refractivity contribution >= 4 is 17.7 Å². The van der Waals surface area contributed by atoms with Gasteiger partial charge in [-0.2, -0.15) is 0 Å². The Kier molecular flexibility index (Phi) is 7.26. The van der Waals surface area contributed by atoms with Crippen molar-refractivity contribution in [1.82, 2.24) is 4.90 Å². The monoisotopic (exact) mass is 378 g/mol. The molecule has 2 aromatic carbocycles. The van der Waals surface area contributed by atoms with Crippen LogP contribution in [0.5, 0.6) is 5.75 Å². The summed E-state index contributed by atoms with van der Waals surface area (Å²) in [4.78, 5) is 14.9. The van der Waals surface area contributed by atoms with E-state index in [1.165, 1.54) is 32.1 Å². The Bertz CT molecular complexity index is 810. The second-order valence-electron chi connectivity index (χ2n) is 7.46. The van der Waals surface area contributed by atoms with Gasteiger partial charge in [-0.05, 0) is 55.3 Å². The number of benzene rings is 2. The van der Waals surface area contributed by atoms with Gasteiger partial charge < -0.3 is 10.1 Å². The molecule has 0 aliphatic heterocycles. The fourth-order valence-corrected chi connectivity index (χ4v) is 3.79. The summed E-state index contributed by atoms with van der Waals surface area (Å²) in [5.74, 6) is 0.647. The van der Waals surface area contributed by atoms with Crippen molar-refractivity contribution < 1.29 is 9.53 Å². The number of hydrogen-bond donors (Lipinski definition) is 1. The molecule has 1 amide bonds. The average molecular weight is 379 g/mol. The van der Waals surface area contributed by atoms with E-state index in [0.29, 0.717) is 6.04 Å². The van der Waals surface area contributed by atoms with E-state index in [2.05, 4.69) is 23.3 Å². The summed E-state index contributed by atoms with van der Waals surface area (Å²) in [5, 5.41) is 3.03. The minimum absolute atomic E-state index is 0.129. The molecule has 1 aliphatic carbocycles. The Labute approximate surface area is 168 Å². The number of methoxy groups -OCH3 is 1. The molecule has 0 heterocycles. The number of amides is 1. The van der Waals surface area contributed by atoms with Crippen molar-refractivity contribution in [2.75, 3.05) is 19.5 Å². The topological polar surface area (TPSA) is 41.6 Å². The molecule has 1 fully saturated rings. The number of para-hydroxylation sites is 1. The predicted octanol–water partition coefficient (Wildman–Crippen LogP) is 5.11. The molecule has 0 radical (unpaired) electrons. The van der Waals surface area contributed by atoms with Crippen molar-refractivity contribution in [1.29, 1.82) is 0 Å². The van der Waals surface area contributed by atoms with Crippen molar-refractivity contribution in [2.24, 2.45) is 0 Å². The highest BCUT2D eigenvalue weighted by atomic mass is 16.5. The van der Waals surface area contributed by atoms with Gasteiger partial charge in [0.25, 0.3) is 0 Å². The molecule has 0 atom stereocenters. The van der Waals surface area contributed by atoms with Crippen LogP contribution in [0.25, 0.3) is 6.08 Å². The van der Waals surface area contributed by atoms with Crippen LogP contribution in [0.3, 0.4) is 0 Å². The normalized spacial score (nSPS) is 15.1.